The summed E-state index contributed by atoms with van der Waals surface area (Å²) in [4.78, 5) is 7.05. The van der Waals surface area contributed by atoms with Crippen LogP contribution in [0.25, 0.3) is 0 Å². The highest BCUT2D eigenvalue weighted by Gasteiger charge is 2.43. The molecule has 0 radical (unpaired) electrons. The Bertz CT molecular complexity index is 870. The van der Waals surface area contributed by atoms with Gasteiger partial charge in [0.15, 0.2) is 0 Å². The maximum atomic E-state index is 9.99. The lowest BCUT2D eigenvalue weighted by molar-refractivity contribution is -0.115. The van der Waals surface area contributed by atoms with Gasteiger partial charge in [0.1, 0.15) is 12.4 Å². The topological polar surface area (TPSA) is 48.4 Å². The first-order valence-corrected chi connectivity index (χ1v) is 12.5. The molecule has 2 heterocycles. The molecular weight excluding hydrogens is 414 g/mol. The Morgan fingerprint density at radius 1 is 1.03 bits per heavy atom. The number of ether oxygens (including phenoxy) is 2. The molecule has 33 heavy (non-hydrogen) atoms. The van der Waals surface area contributed by atoms with Crippen molar-refractivity contribution in [3.8, 4) is 5.75 Å². The molecule has 0 bridgehead atoms. The van der Waals surface area contributed by atoms with Crippen molar-refractivity contribution in [2.75, 3.05) is 51.3 Å². The number of rotatable bonds is 8. The highest BCUT2D eigenvalue weighted by molar-refractivity contribution is 5.49. The van der Waals surface area contributed by atoms with Crippen LogP contribution in [0.3, 0.4) is 0 Å². The van der Waals surface area contributed by atoms with Crippen LogP contribution in [0, 0.1) is 0 Å². The van der Waals surface area contributed by atoms with E-state index < -0.39 is 6.41 Å². The molecule has 3 atom stereocenters. The molecule has 2 saturated heterocycles. The minimum absolute atomic E-state index is 0.612. The maximum Gasteiger partial charge on any atom is 0.237 e. The van der Waals surface area contributed by atoms with Crippen LogP contribution < -0.4 is 9.64 Å². The van der Waals surface area contributed by atoms with Gasteiger partial charge < -0.3 is 19.5 Å². The van der Waals surface area contributed by atoms with Gasteiger partial charge in [-0.1, -0.05) is 30.3 Å². The van der Waals surface area contributed by atoms with Crippen molar-refractivity contribution in [1.29, 1.82) is 0 Å². The Kier molecular flexibility index (Phi) is 7.16. The fourth-order valence-corrected chi connectivity index (χ4v) is 5.42. The van der Waals surface area contributed by atoms with Crippen LogP contribution in [0.5, 0.6) is 5.75 Å². The largest absolute Gasteiger partial charge is 0.492 e. The van der Waals surface area contributed by atoms with Crippen molar-refractivity contribution >= 4 is 5.69 Å². The van der Waals surface area contributed by atoms with Gasteiger partial charge >= 0.3 is 0 Å². The Balaban J connectivity index is 1.01. The van der Waals surface area contributed by atoms with Crippen molar-refractivity contribution in [1.82, 2.24) is 9.80 Å². The SMILES string of the molecule is CN(C1CCN(CCOc2ccc(N3CCCOC3O)cc2)CC1)[C@@H]1C[C@H]1c1ccccc1. The van der Waals surface area contributed by atoms with E-state index in [-0.39, 0.29) is 0 Å². The normalized spacial score (nSPS) is 26.5. The number of anilines is 1. The van der Waals surface area contributed by atoms with Gasteiger partial charge in [-0.2, -0.15) is 0 Å². The average molecular weight is 452 g/mol. The van der Waals surface area contributed by atoms with Gasteiger partial charge in [-0.3, -0.25) is 9.80 Å². The fourth-order valence-electron chi connectivity index (χ4n) is 5.42. The summed E-state index contributed by atoms with van der Waals surface area (Å²) in [6.45, 7) is 5.38. The molecule has 3 aliphatic rings. The Labute approximate surface area is 197 Å². The predicted octanol–water partition coefficient (Wildman–Crippen LogP) is 3.52. The number of aliphatic hydroxyl groups excluding tert-OH is 1. The number of benzene rings is 2. The van der Waals surface area contributed by atoms with Gasteiger partial charge in [-0.15, -0.1) is 0 Å². The first kappa shape index (κ1) is 22.7. The second-order valence-electron chi connectivity index (χ2n) is 9.64. The Morgan fingerprint density at radius 2 is 1.79 bits per heavy atom. The second kappa shape index (κ2) is 10.4. The van der Waals surface area contributed by atoms with Crippen LogP contribution in [0.15, 0.2) is 54.6 Å². The Morgan fingerprint density at radius 3 is 2.52 bits per heavy atom. The second-order valence-corrected chi connectivity index (χ2v) is 9.64. The third kappa shape index (κ3) is 5.52. The van der Waals surface area contributed by atoms with Crippen molar-refractivity contribution < 1.29 is 14.6 Å². The first-order valence-electron chi connectivity index (χ1n) is 12.5. The first-order chi connectivity index (χ1) is 16.2. The smallest absolute Gasteiger partial charge is 0.237 e. The molecule has 1 saturated carbocycles. The van der Waals surface area contributed by atoms with Crippen molar-refractivity contribution in [2.45, 2.75) is 50.1 Å². The molecule has 1 unspecified atom stereocenters. The Hall–Kier alpha value is -2.12. The number of likely N-dealkylation sites (tertiary alicyclic amines) is 1. The molecule has 0 amide bonds. The zero-order chi connectivity index (χ0) is 22.6. The summed E-state index contributed by atoms with van der Waals surface area (Å²) in [5.74, 6) is 1.60. The fraction of sp³-hybridized carbons (Fsp3) is 0.556. The molecule has 1 N–H and O–H groups in total. The van der Waals surface area contributed by atoms with Crippen LogP contribution in [0.4, 0.5) is 5.69 Å². The van der Waals surface area contributed by atoms with Gasteiger partial charge in [0.25, 0.3) is 0 Å². The van der Waals surface area contributed by atoms with Gasteiger partial charge in [0.05, 0.1) is 6.61 Å². The van der Waals surface area contributed by atoms with Gasteiger partial charge in [-0.05, 0) is 75.6 Å². The number of nitrogens with zero attached hydrogens (tertiary/aromatic N) is 3. The van der Waals surface area contributed by atoms with Crippen LogP contribution in [-0.4, -0.2) is 79.8 Å². The van der Waals surface area contributed by atoms with E-state index in [2.05, 4.69) is 47.2 Å². The summed E-state index contributed by atoms with van der Waals surface area (Å²) in [5, 5.41) is 9.99. The minimum Gasteiger partial charge on any atom is -0.492 e. The summed E-state index contributed by atoms with van der Waals surface area (Å²) in [7, 11) is 2.33. The van der Waals surface area contributed by atoms with E-state index in [0.29, 0.717) is 25.3 Å². The van der Waals surface area contributed by atoms with Crippen molar-refractivity contribution in [3.05, 3.63) is 60.2 Å². The van der Waals surface area contributed by atoms with Crippen LogP contribution in [0.2, 0.25) is 0 Å². The van der Waals surface area contributed by atoms with E-state index in [4.69, 9.17) is 9.47 Å². The molecule has 2 aromatic carbocycles. The number of hydrogen-bond acceptors (Lipinski definition) is 6. The zero-order valence-corrected chi connectivity index (χ0v) is 19.7. The lowest BCUT2D eigenvalue weighted by Crippen LogP contribution is -2.45. The van der Waals surface area contributed by atoms with E-state index in [0.717, 1.165) is 50.0 Å². The predicted molar refractivity (Wildman–Crippen MR) is 131 cm³/mol. The van der Waals surface area contributed by atoms with Crippen LogP contribution in [0.1, 0.15) is 37.2 Å². The molecule has 2 aliphatic heterocycles. The van der Waals surface area contributed by atoms with E-state index in [1.165, 1.54) is 24.8 Å². The number of aliphatic hydroxyl groups is 1. The standard InChI is InChI=1S/C27H37N3O3/c1-28(26-20-25(26)21-6-3-2-4-7-21)22-12-15-29(16-13-22)17-19-32-24-10-8-23(9-11-24)30-14-5-18-33-27(30)31/h2-4,6-11,22,25-27,31H,5,12-20H2,1H3/t25-,26+,27?/m0/s1. The molecule has 178 valence electrons. The zero-order valence-electron chi connectivity index (χ0n) is 19.7. The maximum absolute atomic E-state index is 9.99. The van der Waals surface area contributed by atoms with Gasteiger partial charge in [0, 0.05) is 36.8 Å². The van der Waals surface area contributed by atoms with E-state index >= 15 is 0 Å². The molecular formula is C27H37N3O3. The number of piperidine rings is 1. The number of hydrogen-bond donors (Lipinski definition) is 1. The third-order valence-corrected chi connectivity index (χ3v) is 7.56. The quantitative estimate of drug-likeness (QED) is 0.663. The van der Waals surface area contributed by atoms with Crippen LogP contribution >= 0.6 is 0 Å². The lowest BCUT2D eigenvalue weighted by Gasteiger charge is -2.37. The highest BCUT2D eigenvalue weighted by atomic mass is 16.6. The summed E-state index contributed by atoms with van der Waals surface area (Å²) in [6, 6.07) is 20.4. The summed E-state index contributed by atoms with van der Waals surface area (Å²) >= 11 is 0. The number of likely N-dealkylation sites (N-methyl/N-ethyl adjacent to an activating group) is 1. The monoisotopic (exact) mass is 451 g/mol. The molecule has 5 rings (SSSR count). The van der Waals surface area contributed by atoms with Gasteiger partial charge in [-0.25, -0.2) is 0 Å². The molecule has 6 nitrogen and oxygen atoms in total. The van der Waals surface area contributed by atoms with Crippen molar-refractivity contribution in [2.24, 2.45) is 0 Å². The molecule has 3 fully saturated rings. The minimum atomic E-state index is -0.850. The van der Waals surface area contributed by atoms with E-state index in [9.17, 15) is 5.11 Å². The van der Waals surface area contributed by atoms with E-state index in [1.54, 1.807) is 0 Å². The molecule has 6 heteroatoms. The molecule has 0 spiro atoms. The van der Waals surface area contributed by atoms with E-state index in [1.807, 2.05) is 29.2 Å². The highest BCUT2D eigenvalue weighted by Crippen LogP contribution is 2.45. The molecule has 2 aromatic rings. The third-order valence-electron chi connectivity index (χ3n) is 7.56. The molecule has 1 aliphatic carbocycles. The van der Waals surface area contributed by atoms with Crippen LogP contribution in [-0.2, 0) is 4.74 Å². The van der Waals surface area contributed by atoms with Crippen molar-refractivity contribution in [3.63, 3.8) is 0 Å². The van der Waals surface area contributed by atoms with Gasteiger partial charge in [0.2, 0.25) is 6.41 Å². The summed E-state index contributed by atoms with van der Waals surface area (Å²) < 4.78 is 11.3. The average Bonchev–Trinajstić information content (AvgIpc) is 3.67. The summed E-state index contributed by atoms with van der Waals surface area (Å²) in [5.41, 5.74) is 2.46. The summed E-state index contributed by atoms with van der Waals surface area (Å²) in [6.07, 6.45) is 3.86. The lowest BCUT2D eigenvalue weighted by atomic mass is 10.0. The molecule has 0 aromatic heterocycles.